The molecule has 1 heterocycles. The molecule has 5 nitrogen and oxygen atoms in total. The smallest absolute Gasteiger partial charge is 0.339 e. The summed E-state index contributed by atoms with van der Waals surface area (Å²) >= 11 is 0. The average Bonchev–Trinajstić information content (AvgIpc) is 2.46. The van der Waals surface area contributed by atoms with Gasteiger partial charge in [0.15, 0.2) is 0 Å². The second-order valence-electron chi connectivity index (χ2n) is 3.47. The quantitative estimate of drug-likeness (QED) is 0.461. The molecule has 1 aliphatic heterocycles. The largest absolute Gasteiger partial charge is 0.508 e. The summed E-state index contributed by atoms with van der Waals surface area (Å²) < 4.78 is 9.51. The maximum atomic E-state index is 11.2. The molecule has 0 bridgehead atoms. The van der Waals surface area contributed by atoms with E-state index in [1.54, 1.807) is 20.8 Å². The van der Waals surface area contributed by atoms with Crippen LogP contribution in [-0.4, -0.2) is 23.7 Å². The van der Waals surface area contributed by atoms with E-state index in [0.717, 1.165) is 6.08 Å². The minimum Gasteiger partial charge on any atom is -0.508 e. The van der Waals surface area contributed by atoms with Crippen molar-refractivity contribution in [3.63, 3.8) is 0 Å². The Balaban J connectivity index is 2.85. The molecule has 0 aromatic heterocycles. The van der Waals surface area contributed by atoms with Crippen LogP contribution >= 0.6 is 0 Å². The van der Waals surface area contributed by atoms with Crippen LogP contribution in [0.3, 0.4) is 0 Å². The third kappa shape index (κ3) is 3.21. The third-order valence-corrected chi connectivity index (χ3v) is 2.27. The highest BCUT2D eigenvalue weighted by molar-refractivity contribution is 5.93. The van der Waals surface area contributed by atoms with E-state index in [4.69, 9.17) is 4.74 Å². The van der Waals surface area contributed by atoms with Crippen molar-refractivity contribution in [1.29, 1.82) is 0 Å². The van der Waals surface area contributed by atoms with Crippen LogP contribution in [0.25, 0.3) is 0 Å². The van der Waals surface area contributed by atoms with Crippen molar-refractivity contribution < 1.29 is 24.2 Å². The molecule has 0 fully saturated rings. The Hall–Kier alpha value is -2.04. The van der Waals surface area contributed by atoms with E-state index in [1.807, 2.05) is 0 Å². The van der Waals surface area contributed by atoms with Gasteiger partial charge in [-0.3, -0.25) is 0 Å². The van der Waals surface area contributed by atoms with Crippen LogP contribution in [0.4, 0.5) is 0 Å². The summed E-state index contributed by atoms with van der Waals surface area (Å²) in [6.45, 7) is 5.22. The average molecular weight is 238 g/mol. The summed E-state index contributed by atoms with van der Waals surface area (Å²) in [4.78, 5) is 22.2. The van der Waals surface area contributed by atoms with Gasteiger partial charge in [-0.25, -0.2) is 9.59 Å². The molecule has 0 amide bonds. The highest BCUT2D eigenvalue weighted by Gasteiger charge is 2.23. The predicted molar refractivity (Wildman–Crippen MR) is 59.9 cm³/mol. The van der Waals surface area contributed by atoms with Crippen molar-refractivity contribution in [3.8, 4) is 0 Å². The van der Waals surface area contributed by atoms with Gasteiger partial charge in [-0.05, 0) is 20.8 Å². The lowest BCUT2D eigenvalue weighted by molar-refractivity contribution is -0.137. The molecule has 1 N–H and O–H groups in total. The van der Waals surface area contributed by atoms with E-state index >= 15 is 0 Å². The zero-order valence-electron chi connectivity index (χ0n) is 9.94. The normalized spacial score (nSPS) is 18.6. The first-order valence-corrected chi connectivity index (χ1v) is 5.14. The molecule has 0 saturated heterocycles. The number of aliphatic hydroxyl groups is 1. The van der Waals surface area contributed by atoms with Crippen LogP contribution in [0.1, 0.15) is 20.8 Å². The van der Waals surface area contributed by atoms with E-state index < -0.39 is 11.9 Å². The Labute approximate surface area is 99.0 Å². The molecule has 17 heavy (non-hydrogen) atoms. The van der Waals surface area contributed by atoms with Gasteiger partial charge in [0.25, 0.3) is 0 Å². The van der Waals surface area contributed by atoms with E-state index in [1.165, 1.54) is 6.08 Å². The Bertz CT molecular complexity index is 440. The molecule has 0 radical (unpaired) electrons. The standard InChI is InChI=1S/C12H14O5/c1-4-16-11(14)6-9(13)5-10-7(2)8(3)12(15)17-10/h5-6,13H,4H2,1-3H3/b9-6-,10-5-. The fourth-order valence-electron chi connectivity index (χ4n) is 1.21. The molecule has 0 aromatic rings. The van der Waals surface area contributed by atoms with Gasteiger partial charge in [-0.2, -0.15) is 0 Å². The first-order valence-electron chi connectivity index (χ1n) is 5.14. The number of rotatable bonds is 3. The van der Waals surface area contributed by atoms with Crippen molar-refractivity contribution in [1.82, 2.24) is 0 Å². The molecule has 0 aliphatic carbocycles. The maximum absolute atomic E-state index is 11.2. The monoisotopic (exact) mass is 238 g/mol. The van der Waals surface area contributed by atoms with Gasteiger partial charge >= 0.3 is 11.9 Å². The Morgan fingerprint density at radius 1 is 1.41 bits per heavy atom. The number of ether oxygens (including phenoxy) is 2. The lowest BCUT2D eigenvalue weighted by Gasteiger charge is -1.99. The zero-order chi connectivity index (χ0) is 13.0. The molecule has 0 spiro atoms. The van der Waals surface area contributed by atoms with Gasteiger partial charge in [0, 0.05) is 17.2 Å². The number of hydrogen-bond donors (Lipinski definition) is 1. The first-order chi connectivity index (χ1) is 7.95. The molecule has 1 rings (SSSR count). The van der Waals surface area contributed by atoms with Crippen molar-refractivity contribution in [2.45, 2.75) is 20.8 Å². The fraction of sp³-hybridized carbons (Fsp3) is 0.333. The van der Waals surface area contributed by atoms with Crippen LogP contribution < -0.4 is 0 Å². The molecule has 92 valence electrons. The third-order valence-electron chi connectivity index (χ3n) is 2.27. The summed E-state index contributed by atoms with van der Waals surface area (Å²) in [5, 5.41) is 9.47. The summed E-state index contributed by atoms with van der Waals surface area (Å²) in [5.41, 5.74) is 1.12. The molecular weight excluding hydrogens is 224 g/mol. The van der Waals surface area contributed by atoms with Gasteiger partial charge in [-0.15, -0.1) is 0 Å². The second kappa shape index (κ2) is 5.34. The highest BCUT2D eigenvalue weighted by atomic mass is 16.5. The molecule has 0 unspecified atom stereocenters. The van der Waals surface area contributed by atoms with Crippen molar-refractivity contribution in [3.05, 3.63) is 34.8 Å². The number of cyclic esters (lactones) is 1. The Morgan fingerprint density at radius 2 is 2.06 bits per heavy atom. The molecule has 5 heteroatoms. The van der Waals surface area contributed by atoms with Crippen LogP contribution in [0.2, 0.25) is 0 Å². The van der Waals surface area contributed by atoms with Gasteiger partial charge in [-0.1, -0.05) is 0 Å². The lowest BCUT2D eigenvalue weighted by Crippen LogP contribution is -2.01. The van der Waals surface area contributed by atoms with Crippen LogP contribution in [0.15, 0.2) is 34.8 Å². The minimum absolute atomic E-state index is 0.228. The SMILES string of the molecule is CCOC(=O)/C=C(O)/C=C1\OC(=O)C(C)=C1C. The van der Waals surface area contributed by atoms with Crippen molar-refractivity contribution >= 4 is 11.9 Å². The van der Waals surface area contributed by atoms with Gasteiger partial charge in [0.2, 0.25) is 0 Å². The zero-order valence-corrected chi connectivity index (χ0v) is 9.94. The number of carbonyl (C=O) groups is 2. The molecule has 1 aliphatic rings. The van der Waals surface area contributed by atoms with Crippen molar-refractivity contribution in [2.75, 3.05) is 6.61 Å². The Morgan fingerprint density at radius 3 is 2.53 bits per heavy atom. The lowest BCUT2D eigenvalue weighted by atomic mass is 10.1. The second-order valence-corrected chi connectivity index (χ2v) is 3.47. The maximum Gasteiger partial charge on any atom is 0.339 e. The number of allylic oxidation sites excluding steroid dienone is 2. The number of carbonyl (C=O) groups excluding carboxylic acids is 2. The number of esters is 2. The summed E-state index contributed by atoms with van der Waals surface area (Å²) in [7, 11) is 0. The predicted octanol–water partition coefficient (Wildman–Crippen LogP) is 1.77. The van der Waals surface area contributed by atoms with E-state index in [0.29, 0.717) is 11.1 Å². The topological polar surface area (TPSA) is 72.8 Å². The van der Waals surface area contributed by atoms with E-state index in [2.05, 4.69) is 4.74 Å². The summed E-state index contributed by atoms with van der Waals surface area (Å²) in [5.74, 6) is -1.17. The van der Waals surface area contributed by atoms with Crippen molar-refractivity contribution in [2.24, 2.45) is 0 Å². The van der Waals surface area contributed by atoms with E-state index in [-0.39, 0.29) is 18.1 Å². The van der Waals surface area contributed by atoms with Gasteiger partial charge in [0.05, 0.1) is 12.7 Å². The molecule has 0 saturated carbocycles. The highest BCUT2D eigenvalue weighted by Crippen LogP contribution is 2.25. The summed E-state index contributed by atoms with van der Waals surface area (Å²) in [6, 6.07) is 0. The Kier molecular flexibility index (Phi) is 4.09. The van der Waals surface area contributed by atoms with E-state index in [9.17, 15) is 14.7 Å². The first kappa shape index (κ1) is 13.0. The van der Waals surface area contributed by atoms with Gasteiger partial charge in [0.1, 0.15) is 11.5 Å². The number of hydrogen-bond acceptors (Lipinski definition) is 5. The minimum atomic E-state index is -0.649. The van der Waals surface area contributed by atoms with Crippen LogP contribution in [-0.2, 0) is 19.1 Å². The van der Waals surface area contributed by atoms with Crippen LogP contribution in [0, 0.1) is 0 Å². The number of aliphatic hydroxyl groups excluding tert-OH is 1. The molecular formula is C12H14O5. The molecule has 0 aromatic carbocycles. The van der Waals surface area contributed by atoms with Crippen LogP contribution in [0.5, 0.6) is 0 Å². The molecule has 0 atom stereocenters. The van der Waals surface area contributed by atoms with Gasteiger partial charge < -0.3 is 14.6 Å². The summed E-state index contributed by atoms with van der Waals surface area (Å²) in [6.07, 6.45) is 2.13. The fourth-order valence-corrected chi connectivity index (χ4v) is 1.21.